The third-order valence-corrected chi connectivity index (χ3v) is 6.88. The number of fused-ring (bicyclic) bond motifs is 4. The monoisotopic (exact) mass is 533 g/mol. The van der Waals surface area contributed by atoms with Crippen LogP contribution in [0.5, 0.6) is 11.6 Å². The van der Waals surface area contributed by atoms with E-state index in [9.17, 15) is 9.59 Å². The number of guanidine groups is 1. The maximum Gasteiger partial charge on any atom is 0.251 e. The Balaban J connectivity index is 0.00000172. The molecule has 6 bridgehead atoms. The molecule has 0 fully saturated rings. The molecular weight excluding hydrogens is 494 g/mol. The van der Waals surface area contributed by atoms with Crippen molar-refractivity contribution in [3.63, 3.8) is 0 Å². The maximum absolute atomic E-state index is 13.5. The summed E-state index contributed by atoms with van der Waals surface area (Å²) < 4.78 is 11.9. The molecule has 2 atom stereocenters. The van der Waals surface area contributed by atoms with Gasteiger partial charge in [0.1, 0.15) is 11.4 Å². The maximum atomic E-state index is 13.5. The van der Waals surface area contributed by atoms with Crippen LogP contribution in [0.2, 0.25) is 0 Å². The van der Waals surface area contributed by atoms with E-state index in [0.29, 0.717) is 42.2 Å². The van der Waals surface area contributed by atoms with E-state index < -0.39 is 5.60 Å². The molecular formula is C30H39N5O4. The number of rotatable bonds is 2. The molecule has 4 aliphatic rings. The average molecular weight is 534 g/mol. The Morgan fingerprint density at radius 3 is 2.77 bits per heavy atom. The van der Waals surface area contributed by atoms with E-state index in [2.05, 4.69) is 21.4 Å². The van der Waals surface area contributed by atoms with Gasteiger partial charge in [0.05, 0.1) is 25.2 Å². The van der Waals surface area contributed by atoms with Crippen LogP contribution in [0.25, 0.3) is 6.08 Å². The number of benzene rings is 1. The number of nitrogens with two attached hydrogens (primary N) is 1. The summed E-state index contributed by atoms with van der Waals surface area (Å²) in [5.41, 5.74) is 8.68. The number of aromatic nitrogens is 1. The Bertz CT molecular complexity index is 1290. The van der Waals surface area contributed by atoms with Gasteiger partial charge in [0, 0.05) is 35.7 Å². The van der Waals surface area contributed by atoms with Crippen LogP contribution >= 0.6 is 0 Å². The lowest BCUT2D eigenvalue weighted by atomic mass is 9.90. The molecule has 9 nitrogen and oxygen atoms in total. The summed E-state index contributed by atoms with van der Waals surface area (Å²) in [6.07, 6.45) is 8.16. The average Bonchev–Trinajstić information content (AvgIpc) is 2.90. The molecule has 5 heterocycles. The Morgan fingerprint density at radius 1 is 1.23 bits per heavy atom. The number of allylic oxidation sites excluding steroid dienone is 1. The van der Waals surface area contributed by atoms with Crippen LogP contribution in [0.3, 0.4) is 0 Å². The number of ether oxygens (including phenoxy) is 2. The van der Waals surface area contributed by atoms with Crippen LogP contribution in [0.4, 0.5) is 0 Å². The molecule has 1 aromatic carbocycles. The summed E-state index contributed by atoms with van der Waals surface area (Å²) in [5.74, 6) is 1.01. The molecule has 1 aromatic heterocycles. The van der Waals surface area contributed by atoms with Crippen LogP contribution in [0, 0.1) is 0 Å². The smallest absolute Gasteiger partial charge is 0.251 e. The van der Waals surface area contributed by atoms with Crippen molar-refractivity contribution in [3.8, 4) is 11.6 Å². The molecule has 0 spiro atoms. The minimum Gasteiger partial charge on any atom is -0.494 e. The SMILES string of the molecule is CC.CCOc1ccc2cc1CN1C(=O)CC(CC/C=C/c3cnc4c(c3)C(CC(C)(C)O4)NC2=O)N=C1N. The van der Waals surface area contributed by atoms with Crippen molar-refractivity contribution >= 4 is 23.8 Å². The standard InChI is InChI=1S/C28H33N5O4.C2H6/c1-4-36-23-10-9-18-12-19(23)16-33-24(34)13-20(31-27(33)29)8-6-5-7-17-11-21-22(32-25(18)35)14-28(2,3)37-26(21)30-15-17;1-2/h5,7,9-12,15,20,22H,4,6,8,13-14,16H2,1-3H3,(H2,29,31)(H,32,35);1-2H3/b7-5+;. The van der Waals surface area contributed by atoms with Gasteiger partial charge in [-0.3, -0.25) is 14.5 Å². The van der Waals surface area contributed by atoms with Gasteiger partial charge in [-0.25, -0.2) is 9.98 Å². The summed E-state index contributed by atoms with van der Waals surface area (Å²) in [7, 11) is 0. The van der Waals surface area contributed by atoms with Crippen LogP contribution in [0.1, 0.15) is 93.4 Å². The second kappa shape index (κ2) is 11.9. The topological polar surface area (TPSA) is 119 Å². The number of hydrogen-bond donors (Lipinski definition) is 2. The van der Waals surface area contributed by atoms with Crippen molar-refractivity contribution in [1.82, 2.24) is 15.2 Å². The number of aliphatic imine (C=N–C) groups is 1. The van der Waals surface area contributed by atoms with Gasteiger partial charge in [0.2, 0.25) is 11.8 Å². The number of carbonyl (C=O) groups excluding carboxylic acids is 2. The van der Waals surface area contributed by atoms with Gasteiger partial charge in [0.25, 0.3) is 5.91 Å². The molecule has 2 unspecified atom stereocenters. The zero-order chi connectivity index (χ0) is 28.2. The highest BCUT2D eigenvalue weighted by Crippen LogP contribution is 2.39. The fraction of sp³-hybridized carbons (Fsp3) is 0.467. The van der Waals surface area contributed by atoms with E-state index in [-0.39, 0.29) is 42.8 Å². The summed E-state index contributed by atoms with van der Waals surface area (Å²) in [5, 5.41) is 3.19. The van der Waals surface area contributed by atoms with Gasteiger partial charge in [-0.2, -0.15) is 0 Å². The summed E-state index contributed by atoms with van der Waals surface area (Å²) in [4.78, 5) is 37.1. The quantitative estimate of drug-likeness (QED) is 0.574. The van der Waals surface area contributed by atoms with Crippen LogP contribution in [-0.2, 0) is 11.3 Å². The van der Waals surface area contributed by atoms with Gasteiger partial charge in [0.15, 0.2) is 5.96 Å². The number of pyridine rings is 1. The minimum absolute atomic E-state index is 0.0891. The van der Waals surface area contributed by atoms with Gasteiger partial charge in [-0.15, -0.1) is 0 Å². The predicted octanol–water partition coefficient (Wildman–Crippen LogP) is 4.76. The molecule has 6 rings (SSSR count). The van der Waals surface area contributed by atoms with Crippen LogP contribution in [-0.4, -0.2) is 45.9 Å². The highest BCUT2D eigenvalue weighted by molar-refractivity contribution is 5.99. The number of amides is 2. The molecule has 3 N–H and O–H groups in total. The molecule has 4 aliphatic heterocycles. The third-order valence-electron chi connectivity index (χ3n) is 6.88. The first-order valence-corrected chi connectivity index (χ1v) is 13.8. The van der Waals surface area contributed by atoms with Gasteiger partial charge < -0.3 is 20.5 Å². The zero-order valence-electron chi connectivity index (χ0n) is 23.5. The summed E-state index contributed by atoms with van der Waals surface area (Å²) in [6, 6.07) is 6.84. The van der Waals surface area contributed by atoms with Crippen molar-refractivity contribution in [2.24, 2.45) is 10.7 Å². The lowest BCUT2D eigenvalue weighted by Crippen LogP contribution is -2.46. The summed E-state index contributed by atoms with van der Waals surface area (Å²) >= 11 is 0. The Morgan fingerprint density at radius 2 is 2.03 bits per heavy atom. The van der Waals surface area contributed by atoms with Gasteiger partial charge in [-0.1, -0.05) is 26.0 Å². The molecule has 0 saturated heterocycles. The number of nitrogens with one attached hydrogen (secondary N) is 1. The number of nitrogens with zero attached hydrogens (tertiary/aromatic N) is 3. The van der Waals surface area contributed by atoms with E-state index >= 15 is 0 Å². The Labute approximate surface area is 230 Å². The van der Waals surface area contributed by atoms with Crippen molar-refractivity contribution in [1.29, 1.82) is 0 Å². The van der Waals surface area contributed by atoms with E-state index in [4.69, 9.17) is 15.2 Å². The van der Waals surface area contributed by atoms with Crippen molar-refractivity contribution in [2.45, 2.75) is 84.5 Å². The highest BCUT2D eigenvalue weighted by atomic mass is 16.5. The normalized spacial score (nSPS) is 22.7. The molecule has 9 heteroatoms. The van der Waals surface area contributed by atoms with Crippen molar-refractivity contribution < 1.29 is 19.1 Å². The Kier molecular flexibility index (Phi) is 8.57. The number of carbonyl (C=O) groups is 2. The van der Waals surface area contributed by atoms with E-state index in [1.807, 2.05) is 46.8 Å². The predicted molar refractivity (Wildman–Crippen MR) is 152 cm³/mol. The molecule has 0 aliphatic carbocycles. The highest BCUT2D eigenvalue weighted by Gasteiger charge is 2.36. The molecule has 208 valence electrons. The largest absolute Gasteiger partial charge is 0.494 e. The second-order valence-electron chi connectivity index (χ2n) is 10.3. The lowest BCUT2D eigenvalue weighted by Gasteiger charge is -2.37. The van der Waals surface area contributed by atoms with Crippen LogP contribution in [0.15, 0.2) is 41.5 Å². The summed E-state index contributed by atoms with van der Waals surface area (Å²) in [6.45, 7) is 10.5. The Hall–Kier alpha value is -3.88. The van der Waals surface area contributed by atoms with Crippen LogP contribution < -0.4 is 20.5 Å². The first kappa shape index (κ1) is 28.1. The molecule has 2 aromatic rings. The van der Waals surface area contributed by atoms with E-state index in [0.717, 1.165) is 17.5 Å². The second-order valence-corrected chi connectivity index (χ2v) is 10.3. The van der Waals surface area contributed by atoms with E-state index in [1.54, 1.807) is 24.4 Å². The molecule has 2 amide bonds. The lowest BCUT2D eigenvalue weighted by molar-refractivity contribution is -0.128. The fourth-order valence-corrected chi connectivity index (χ4v) is 5.08. The van der Waals surface area contributed by atoms with Gasteiger partial charge in [-0.05, 0) is 63.4 Å². The van der Waals surface area contributed by atoms with E-state index in [1.165, 1.54) is 4.90 Å². The molecule has 39 heavy (non-hydrogen) atoms. The zero-order valence-corrected chi connectivity index (χ0v) is 23.5. The first-order valence-electron chi connectivity index (χ1n) is 13.8. The van der Waals surface area contributed by atoms with Gasteiger partial charge >= 0.3 is 0 Å². The van der Waals surface area contributed by atoms with Crippen molar-refractivity contribution in [3.05, 3.63) is 58.8 Å². The first-order chi connectivity index (χ1) is 18.7. The third kappa shape index (κ3) is 6.41. The molecule has 0 saturated carbocycles. The fourth-order valence-electron chi connectivity index (χ4n) is 5.08. The minimum atomic E-state index is -0.486. The number of hydrogen-bond acceptors (Lipinski definition) is 7. The van der Waals surface area contributed by atoms with Crippen molar-refractivity contribution in [2.75, 3.05) is 6.61 Å². The molecule has 0 radical (unpaired) electrons.